The minimum atomic E-state index is 0.172. The summed E-state index contributed by atoms with van der Waals surface area (Å²) < 4.78 is 0. The molecule has 0 spiro atoms. The molecule has 1 aromatic rings. The predicted molar refractivity (Wildman–Crippen MR) is 68.6 cm³/mol. The van der Waals surface area contributed by atoms with Crippen LogP contribution in [-0.4, -0.2) is 11.5 Å². The van der Waals surface area contributed by atoms with E-state index in [2.05, 4.69) is 51.0 Å². The van der Waals surface area contributed by atoms with Crippen LogP contribution in [0.1, 0.15) is 39.5 Å². The van der Waals surface area contributed by atoms with E-state index in [-0.39, 0.29) is 10.8 Å². The predicted octanol–water partition coefficient (Wildman–Crippen LogP) is 3.50. The third kappa shape index (κ3) is 2.96. The van der Waals surface area contributed by atoms with E-state index in [1.165, 1.54) is 11.3 Å². The second kappa shape index (κ2) is 4.42. The molecule has 88 valence electrons. The quantitative estimate of drug-likeness (QED) is 0.875. The van der Waals surface area contributed by atoms with E-state index < -0.39 is 0 Å². The zero-order valence-corrected chi connectivity index (χ0v) is 11.4. The number of aromatic nitrogens is 1. The lowest BCUT2D eigenvalue weighted by molar-refractivity contribution is 0.148. The molecule has 0 fully saturated rings. The number of hydrogen-bond acceptors (Lipinski definition) is 4. The van der Waals surface area contributed by atoms with Gasteiger partial charge in [0.25, 0.3) is 0 Å². The standard InChI is InChI=1S/C12H19N3S/c1-11(2,3)12(4,5)8-15-10-14-7-9(6-13)16-10/h7H,8H2,1-5H3,(H,14,15). The summed E-state index contributed by atoms with van der Waals surface area (Å²) >= 11 is 1.40. The average molecular weight is 237 g/mol. The van der Waals surface area contributed by atoms with Crippen LogP contribution in [0, 0.1) is 22.2 Å². The topological polar surface area (TPSA) is 48.7 Å². The summed E-state index contributed by atoms with van der Waals surface area (Å²) in [6.07, 6.45) is 1.61. The van der Waals surface area contributed by atoms with Crippen molar-refractivity contribution in [2.45, 2.75) is 34.6 Å². The number of rotatable bonds is 3. The van der Waals surface area contributed by atoms with Gasteiger partial charge in [0.05, 0.1) is 6.20 Å². The lowest BCUT2D eigenvalue weighted by Crippen LogP contribution is -2.36. The van der Waals surface area contributed by atoms with Crippen molar-refractivity contribution in [2.75, 3.05) is 11.9 Å². The van der Waals surface area contributed by atoms with Crippen molar-refractivity contribution < 1.29 is 0 Å². The molecular formula is C12H19N3S. The van der Waals surface area contributed by atoms with E-state index in [1.54, 1.807) is 6.20 Å². The SMILES string of the molecule is CC(C)(C)C(C)(C)CNc1ncc(C#N)s1. The minimum absolute atomic E-state index is 0.172. The average Bonchev–Trinajstić information content (AvgIpc) is 2.60. The van der Waals surface area contributed by atoms with E-state index >= 15 is 0 Å². The van der Waals surface area contributed by atoms with Crippen LogP contribution in [0.25, 0.3) is 0 Å². The van der Waals surface area contributed by atoms with E-state index in [0.717, 1.165) is 11.7 Å². The molecule has 0 unspecified atom stereocenters. The van der Waals surface area contributed by atoms with Crippen molar-refractivity contribution in [2.24, 2.45) is 10.8 Å². The van der Waals surface area contributed by atoms with Crippen LogP contribution in [0.4, 0.5) is 5.13 Å². The van der Waals surface area contributed by atoms with Crippen molar-refractivity contribution >= 4 is 16.5 Å². The molecule has 0 bridgehead atoms. The van der Waals surface area contributed by atoms with E-state index in [4.69, 9.17) is 5.26 Å². The molecule has 1 aromatic heterocycles. The monoisotopic (exact) mass is 237 g/mol. The molecule has 1 rings (SSSR count). The minimum Gasteiger partial charge on any atom is -0.361 e. The second-order valence-corrected chi connectivity index (χ2v) is 6.66. The molecule has 0 aliphatic rings. The van der Waals surface area contributed by atoms with E-state index in [9.17, 15) is 0 Å². The maximum atomic E-state index is 8.70. The number of anilines is 1. The molecule has 0 aliphatic carbocycles. The van der Waals surface area contributed by atoms with Crippen LogP contribution in [0.2, 0.25) is 0 Å². The van der Waals surface area contributed by atoms with Gasteiger partial charge in [-0.3, -0.25) is 0 Å². The molecule has 3 nitrogen and oxygen atoms in total. The molecule has 1 heterocycles. The van der Waals surface area contributed by atoms with Crippen molar-refractivity contribution in [3.63, 3.8) is 0 Å². The fourth-order valence-electron chi connectivity index (χ4n) is 0.969. The molecule has 1 N–H and O–H groups in total. The number of nitrogens with one attached hydrogen (secondary N) is 1. The third-order valence-electron chi connectivity index (χ3n) is 3.33. The van der Waals surface area contributed by atoms with E-state index in [0.29, 0.717) is 4.88 Å². The number of nitriles is 1. The second-order valence-electron chi connectivity index (χ2n) is 5.63. The smallest absolute Gasteiger partial charge is 0.183 e. The lowest BCUT2D eigenvalue weighted by atomic mass is 9.69. The Hall–Kier alpha value is -1.08. The molecule has 0 aliphatic heterocycles. The van der Waals surface area contributed by atoms with Crippen LogP contribution in [0.3, 0.4) is 0 Å². The largest absolute Gasteiger partial charge is 0.361 e. The fourth-order valence-corrected chi connectivity index (χ4v) is 1.58. The summed E-state index contributed by atoms with van der Waals surface area (Å²) in [5.74, 6) is 0. The Morgan fingerprint density at radius 3 is 2.44 bits per heavy atom. The van der Waals surface area contributed by atoms with Crippen molar-refractivity contribution in [1.82, 2.24) is 4.98 Å². The van der Waals surface area contributed by atoms with Crippen LogP contribution >= 0.6 is 11.3 Å². The molecule has 0 aromatic carbocycles. The highest BCUT2D eigenvalue weighted by molar-refractivity contribution is 7.16. The highest BCUT2D eigenvalue weighted by Gasteiger charge is 2.32. The van der Waals surface area contributed by atoms with Crippen molar-refractivity contribution in [3.05, 3.63) is 11.1 Å². The van der Waals surface area contributed by atoms with Gasteiger partial charge in [-0.25, -0.2) is 4.98 Å². The molecule has 0 atom stereocenters. The number of thiazole rings is 1. The van der Waals surface area contributed by atoms with E-state index in [1.807, 2.05) is 0 Å². The normalized spacial score (nSPS) is 12.2. The van der Waals surface area contributed by atoms with Crippen LogP contribution < -0.4 is 5.32 Å². The van der Waals surface area contributed by atoms with Gasteiger partial charge in [0.1, 0.15) is 10.9 Å². The summed E-state index contributed by atoms with van der Waals surface area (Å²) in [6, 6.07) is 2.09. The highest BCUT2D eigenvalue weighted by Crippen LogP contribution is 2.37. The van der Waals surface area contributed by atoms with Gasteiger partial charge in [0.15, 0.2) is 5.13 Å². The summed E-state index contributed by atoms with van der Waals surface area (Å²) in [5.41, 5.74) is 0.404. The van der Waals surface area contributed by atoms with Gasteiger partial charge in [-0.05, 0) is 10.8 Å². The van der Waals surface area contributed by atoms with Crippen LogP contribution in [0.15, 0.2) is 6.20 Å². The van der Waals surface area contributed by atoms with Crippen LogP contribution in [0.5, 0.6) is 0 Å². The lowest BCUT2D eigenvalue weighted by Gasteiger charge is -2.38. The Balaban J connectivity index is 2.62. The first-order valence-electron chi connectivity index (χ1n) is 5.36. The number of hydrogen-bond donors (Lipinski definition) is 1. The van der Waals surface area contributed by atoms with Gasteiger partial charge >= 0.3 is 0 Å². The van der Waals surface area contributed by atoms with Crippen LogP contribution in [-0.2, 0) is 0 Å². The zero-order chi connectivity index (χ0) is 12.4. The van der Waals surface area contributed by atoms with Gasteiger partial charge in [-0.1, -0.05) is 46.0 Å². The zero-order valence-electron chi connectivity index (χ0n) is 10.6. The van der Waals surface area contributed by atoms with Gasteiger partial charge < -0.3 is 5.32 Å². The van der Waals surface area contributed by atoms with Gasteiger partial charge in [-0.15, -0.1) is 0 Å². The first-order chi connectivity index (χ1) is 7.26. The Morgan fingerprint density at radius 1 is 1.38 bits per heavy atom. The summed E-state index contributed by atoms with van der Waals surface area (Å²) in [6.45, 7) is 12.0. The molecule has 0 saturated carbocycles. The summed E-state index contributed by atoms with van der Waals surface area (Å²) in [5, 5.41) is 12.8. The number of nitrogens with zero attached hydrogens (tertiary/aromatic N) is 2. The van der Waals surface area contributed by atoms with Crippen molar-refractivity contribution in [3.8, 4) is 6.07 Å². The molecule has 0 radical (unpaired) electrons. The Kier molecular flexibility index (Phi) is 3.59. The molecule has 4 heteroatoms. The molecule has 0 amide bonds. The maximum Gasteiger partial charge on any atom is 0.183 e. The molecule has 16 heavy (non-hydrogen) atoms. The van der Waals surface area contributed by atoms with Gasteiger partial charge in [0, 0.05) is 6.54 Å². The van der Waals surface area contributed by atoms with Crippen molar-refractivity contribution in [1.29, 1.82) is 5.26 Å². The Morgan fingerprint density at radius 2 is 2.00 bits per heavy atom. The first-order valence-corrected chi connectivity index (χ1v) is 6.18. The fraction of sp³-hybridized carbons (Fsp3) is 0.667. The first kappa shape index (κ1) is 13.0. The van der Waals surface area contributed by atoms with Gasteiger partial charge in [0.2, 0.25) is 0 Å². The molecular weight excluding hydrogens is 218 g/mol. The summed E-state index contributed by atoms with van der Waals surface area (Å²) in [7, 11) is 0. The Bertz CT molecular complexity index is 393. The third-order valence-corrected chi connectivity index (χ3v) is 4.19. The highest BCUT2D eigenvalue weighted by atomic mass is 32.1. The van der Waals surface area contributed by atoms with Gasteiger partial charge in [-0.2, -0.15) is 5.26 Å². The maximum absolute atomic E-state index is 8.70. The molecule has 0 saturated heterocycles. The summed E-state index contributed by atoms with van der Waals surface area (Å²) in [4.78, 5) is 4.81. The Labute approximate surface area is 102 Å².